The molecule has 2 fully saturated rings. The number of unbranched alkanes of at least 4 members (excludes halogenated alkanes) is 2. The summed E-state index contributed by atoms with van der Waals surface area (Å²) < 4.78 is 68.7. The third kappa shape index (κ3) is 31.3. The van der Waals surface area contributed by atoms with E-state index in [4.69, 9.17) is 66.8 Å². The van der Waals surface area contributed by atoms with Crippen LogP contribution in [0.25, 0.3) is 11.1 Å². The number of likely N-dealkylation sites (tertiary alicyclic amines) is 2. The fraction of sp³-hybridized carbons (Fsp3) is 0.540. The number of amides is 6. The first kappa shape index (κ1) is 98.5. The van der Waals surface area contributed by atoms with Crippen molar-refractivity contribution >= 4 is 87.6 Å². The van der Waals surface area contributed by atoms with Gasteiger partial charge >= 0.3 is 0 Å². The van der Waals surface area contributed by atoms with Crippen LogP contribution in [0.3, 0.4) is 0 Å². The van der Waals surface area contributed by atoms with Gasteiger partial charge in [0.25, 0.3) is 5.91 Å². The molecule has 0 radical (unpaired) electrons. The third-order valence-corrected chi connectivity index (χ3v) is 24.0. The molecule has 5 aliphatic heterocycles. The van der Waals surface area contributed by atoms with Crippen LogP contribution in [0.5, 0.6) is 23.0 Å². The smallest absolute Gasteiger partial charge is 0.260 e. The molecule has 2 aliphatic carbocycles. The number of fused-ring (bicyclic) bond motifs is 5. The number of hydrogen-bond acceptors (Lipinski definition) is 23. The van der Waals surface area contributed by atoms with Gasteiger partial charge in [0.1, 0.15) is 0 Å². The van der Waals surface area contributed by atoms with Crippen molar-refractivity contribution < 1.29 is 95.2 Å². The molecule has 28 nitrogen and oxygen atoms in total. The van der Waals surface area contributed by atoms with Crippen molar-refractivity contribution in [2.45, 2.75) is 148 Å². The lowest BCUT2D eigenvalue weighted by Crippen LogP contribution is -2.44. The standard InChI is InChI=1S/C100H132N8O20/c1-70(2)97(105-95(112)35-42-119-44-46-121-48-50-123-52-54-125-56-57-126-55-53-124-51-49-122-47-45-120-43-36-101-94(111)34-39-107-96(113)64-83(99(107)115)78-17-11-8-7-9-12-18-78)89(110)19-15-16-71(3)98(114)104-81-29-27-76(28-30-81)79-59-74-24-31-88(109)84-62-90(117-5)92(65-86(84)102-67-75(58-74)60-79)127-40-13-10-14-41-128-93-66-87-85(63-91(93)118-6)100(116)108-69-80(61-82(108)68-103-87)77-25-22-72(23-26-77)20-21-73-32-37-106(4)38-33-73/h7-9,11-12,17-18,22-23,25-30,59,62-63,65-71,73-75,82-83,97H,10,13-16,19-21,24,31-58,60-61,64H2,1-6H3,(H,101,111)(H,104,114)(H,105,112)/b8-7-,9-7?,11-8?,12-9-,17-11?,18-12?,78-17?,78-18?,102-67?/t71-,74?,75+,82+,83?,97+/m1/s1. The Hall–Kier alpha value is -10.1. The summed E-state index contributed by atoms with van der Waals surface area (Å²) in [5, 5.41) is 8.71. The average Bonchev–Trinajstić information content (AvgIpc) is 1.63. The summed E-state index contributed by atoms with van der Waals surface area (Å²) in [7, 11) is 5.36. The number of allylic oxidation sites excluding steroid dienone is 9. The Kier molecular flexibility index (Phi) is 40.9. The Bertz CT molecular complexity index is 4560. The molecule has 692 valence electrons. The number of carbonyl (C=O) groups is 8. The number of Topliss-reactive ketones (excluding diaryl/α,β-unsaturated/α-hetero) is 2. The van der Waals surface area contributed by atoms with Crippen LogP contribution in [-0.2, 0) is 73.1 Å². The van der Waals surface area contributed by atoms with Gasteiger partial charge < -0.3 is 82.6 Å². The van der Waals surface area contributed by atoms with Gasteiger partial charge in [-0.05, 0) is 179 Å². The quantitative estimate of drug-likeness (QED) is 0.0273. The molecule has 0 spiro atoms. The highest BCUT2D eigenvalue weighted by atomic mass is 16.6. The molecule has 28 heteroatoms. The van der Waals surface area contributed by atoms with Crippen LogP contribution in [0.4, 0.5) is 17.1 Å². The van der Waals surface area contributed by atoms with Crippen molar-refractivity contribution in [3.8, 4) is 23.0 Å². The van der Waals surface area contributed by atoms with Crippen LogP contribution in [0.2, 0.25) is 0 Å². The molecule has 11 rings (SSSR count). The third-order valence-electron chi connectivity index (χ3n) is 24.0. The van der Waals surface area contributed by atoms with Crippen molar-refractivity contribution in [3.63, 3.8) is 0 Å². The van der Waals surface area contributed by atoms with Crippen molar-refractivity contribution in [2.24, 2.45) is 45.5 Å². The number of nitrogens with one attached hydrogen (secondary N) is 3. The average molecular weight is 1770 g/mol. The van der Waals surface area contributed by atoms with Gasteiger partial charge in [0.05, 0.1) is 168 Å². The second-order valence-electron chi connectivity index (χ2n) is 33.9. The Morgan fingerprint density at radius 1 is 0.555 bits per heavy atom. The van der Waals surface area contributed by atoms with Crippen LogP contribution < -0.4 is 34.9 Å². The van der Waals surface area contributed by atoms with Crippen molar-refractivity contribution in [2.75, 3.05) is 172 Å². The first-order chi connectivity index (χ1) is 62.4. The number of methoxy groups -OCH3 is 2. The molecule has 3 N–H and O–H groups in total. The van der Waals surface area contributed by atoms with Crippen LogP contribution >= 0.6 is 0 Å². The number of imide groups is 1. The van der Waals surface area contributed by atoms with Crippen LogP contribution in [0.1, 0.15) is 167 Å². The predicted molar refractivity (Wildman–Crippen MR) is 491 cm³/mol. The van der Waals surface area contributed by atoms with E-state index in [0.717, 1.165) is 72.3 Å². The van der Waals surface area contributed by atoms with E-state index in [-0.39, 0.29) is 116 Å². The summed E-state index contributed by atoms with van der Waals surface area (Å²) in [4.78, 5) is 121. The maximum Gasteiger partial charge on any atom is 0.260 e. The Morgan fingerprint density at radius 3 is 1.77 bits per heavy atom. The largest absolute Gasteiger partial charge is 0.493 e. The molecule has 6 atom stereocenters. The second-order valence-corrected chi connectivity index (χ2v) is 33.9. The Labute approximate surface area is 754 Å². The molecule has 128 heavy (non-hydrogen) atoms. The van der Waals surface area contributed by atoms with Crippen molar-refractivity contribution in [1.29, 1.82) is 0 Å². The molecule has 2 saturated heterocycles. The highest BCUT2D eigenvalue weighted by molar-refractivity contribution is 6.07. The van der Waals surface area contributed by atoms with Crippen LogP contribution in [-0.4, -0.2) is 253 Å². The van der Waals surface area contributed by atoms with Crippen LogP contribution in [0, 0.1) is 35.5 Å². The van der Waals surface area contributed by atoms with Gasteiger partial charge in [-0.15, -0.1) is 0 Å². The number of ketones is 2. The number of carbonyl (C=O) groups excluding carboxylic acids is 8. The van der Waals surface area contributed by atoms with E-state index < -0.39 is 12.0 Å². The van der Waals surface area contributed by atoms with Crippen LogP contribution in [0.15, 0.2) is 143 Å². The summed E-state index contributed by atoms with van der Waals surface area (Å²) >= 11 is 0. The lowest BCUT2D eigenvalue weighted by molar-refractivity contribution is -0.139. The lowest BCUT2D eigenvalue weighted by Gasteiger charge is -2.28. The fourth-order valence-corrected chi connectivity index (χ4v) is 16.5. The minimum Gasteiger partial charge on any atom is -0.493 e. The molecule has 2 bridgehead atoms. The molecular formula is C100H132N8O20. The minimum absolute atomic E-state index is 0.0107. The van der Waals surface area contributed by atoms with Gasteiger partial charge in [-0.1, -0.05) is 106 Å². The highest BCUT2D eigenvalue weighted by Gasteiger charge is 2.40. The monoisotopic (exact) mass is 1760 g/mol. The summed E-state index contributed by atoms with van der Waals surface area (Å²) in [6, 6.07) is 23.0. The van der Waals surface area contributed by atoms with Gasteiger partial charge in [-0.3, -0.25) is 53.2 Å². The number of aryl methyl sites for hydroxylation is 1. The highest BCUT2D eigenvalue weighted by Crippen LogP contribution is 2.43. The first-order valence-corrected chi connectivity index (χ1v) is 45.9. The molecule has 4 aromatic rings. The molecule has 4 aromatic carbocycles. The number of nitrogens with zero attached hydrogens (tertiary/aromatic N) is 5. The second kappa shape index (κ2) is 53.1. The predicted octanol–water partition coefficient (Wildman–Crippen LogP) is 13.8. The molecule has 5 heterocycles. The van der Waals surface area contributed by atoms with E-state index in [1.807, 2.05) is 112 Å². The number of hydrogen-bond donors (Lipinski definition) is 3. The van der Waals surface area contributed by atoms with Crippen molar-refractivity contribution in [1.82, 2.24) is 25.3 Å². The van der Waals surface area contributed by atoms with E-state index >= 15 is 0 Å². The molecule has 0 aromatic heterocycles. The van der Waals surface area contributed by atoms with Gasteiger partial charge in [-0.25, -0.2) is 0 Å². The minimum atomic E-state index is -0.661. The number of benzene rings is 4. The van der Waals surface area contributed by atoms with Gasteiger partial charge in [0, 0.05) is 99.5 Å². The Balaban J connectivity index is 0.484. The lowest BCUT2D eigenvalue weighted by atomic mass is 9.78. The van der Waals surface area contributed by atoms with Crippen molar-refractivity contribution in [3.05, 3.63) is 161 Å². The molecule has 2 unspecified atom stereocenters. The zero-order valence-corrected chi connectivity index (χ0v) is 75.6. The number of piperidine rings is 1. The van der Waals surface area contributed by atoms with E-state index in [1.54, 1.807) is 37.3 Å². The summed E-state index contributed by atoms with van der Waals surface area (Å²) in [6.45, 7) is 15.0. The number of ether oxygens (including phenoxy) is 12. The summed E-state index contributed by atoms with van der Waals surface area (Å²) in [5.41, 5.74) is 9.29. The number of aliphatic imine (C=N–C) groups is 2. The van der Waals surface area contributed by atoms with E-state index in [1.165, 1.54) is 42.8 Å². The zero-order valence-electron chi connectivity index (χ0n) is 75.6. The maximum atomic E-state index is 14.1. The van der Waals surface area contributed by atoms with E-state index in [9.17, 15) is 38.4 Å². The number of rotatable bonds is 55. The maximum absolute atomic E-state index is 14.1. The molecule has 6 amide bonds. The number of anilines is 1. The molecular weight excluding hydrogens is 1630 g/mol. The van der Waals surface area contributed by atoms with Gasteiger partial charge in [0.2, 0.25) is 29.5 Å². The van der Waals surface area contributed by atoms with Gasteiger partial charge in [-0.2, -0.15) is 0 Å². The fourth-order valence-electron chi connectivity index (χ4n) is 16.5. The first-order valence-electron chi connectivity index (χ1n) is 45.9. The zero-order chi connectivity index (χ0) is 90.2. The van der Waals surface area contributed by atoms with E-state index in [0.29, 0.717) is 202 Å². The summed E-state index contributed by atoms with van der Waals surface area (Å²) in [6.07, 6.45) is 32.9. The van der Waals surface area contributed by atoms with Gasteiger partial charge in [0.15, 0.2) is 34.6 Å². The normalized spacial score (nSPS) is 19.1. The molecule has 0 saturated carbocycles. The van der Waals surface area contributed by atoms with E-state index in [2.05, 4.69) is 58.2 Å². The summed E-state index contributed by atoms with van der Waals surface area (Å²) in [5.74, 6) is 0.547. The Morgan fingerprint density at radius 2 is 1.13 bits per heavy atom. The molecule has 7 aliphatic rings. The SMILES string of the molecule is COc1cc2c(cc1OCCCCCOc1cc3c(cc1OC)C(=O)N1C=C(c4ccc(CCC5CCN(C)CC5)cc4)C[C@H]1C=N3)N=C[C@@H]1CC(c3ccc(NC(=O)[C@H](C)CCCC(=O)[C@@H](NC(=O)CCOCCOCCOCCOCCOCCOCCOCCOCCNC(=O)CCN4C(=O)CC(C5=C/C=C\C=C/C=C5)C4=O)C(C)C)cc3)=CC(CCC2=O)C1. The topological polar surface area (TPSA) is 318 Å².